The van der Waals surface area contributed by atoms with Crippen molar-refractivity contribution in [3.8, 4) is 0 Å². The van der Waals surface area contributed by atoms with Crippen molar-refractivity contribution in [2.45, 2.75) is 6.43 Å². The molecule has 0 fully saturated rings. The van der Waals surface area contributed by atoms with Crippen LogP contribution in [0.25, 0.3) is 0 Å². The zero-order chi connectivity index (χ0) is 10.6. The van der Waals surface area contributed by atoms with Gasteiger partial charge in [0.15, 0.2) is 0 Å². The second-order valence-corrected chi connectivity index (χ2v) is 2.92. The van der Waals surface area contributed by atoms with Crippen LogP contribution in [-0.2, 0) is 0 Å². The molecule has 78 valence electrons. The van der Waals surface area contributed by atoms with Crippen LogP contribution >= 0.6 is 0 Å². The Labute approximate surface area is 81.8 Å². The Morgan fingerprint density at radius 1 is 1.57 bits per heavy atom. The van der Waals surface area contributed by atoms with Crippen LogP contribution in [0, 0.1) is 0 Å². The van der Waals surface area contributed by atoms with Crippen molar-refractivity contribution in [1.82, 2.24) is 4.98 Å². The molecule has 1 aromatic heterocycles. The van der Waals surface area contributed by atoms with Crippen molar-refractivity contribution in [2.24, 2.45) is 0 Å². The molecule has 0 aliphatic rings. The molecule has 0 atom stereocenters. The van der Waals surface area contributed by atoms with Crippen LogP contribution in [0.1, 0.15) is 0 Å². The van der Waals surface area contributed by atoms with E-state index in [1.54, 1.807) is 32.4 Å². The smallest absolute Gasteiger partial charge is 0.255 e. The third-order valence-electron chi connectivity index (χ3n) is 1.85. The van der Waals surface area contributed by atoms with Crippen LogP contribution in [0.4, 0.5) is 20.3 Å². The predicted octanol–water partition coefficient (Wildman–Crippen LogP) is 1.82. The minimum atomic E-state index is -2.33. The maximum absolute atomic E-state index is 12.1. The van der Waals surface area contributed by atoms with Crippen LogP contribution in [0.5, 0.6) is 0 Å². The van der Waals surface area contributed by atoms with Gasteiger partial charge in [0.2, 0.25) is 0 Å². The number of hydrogen-bond donors (Lipinski definition) is 1. The Morgan fingerprint density at radius 3 is 2.86 bits per heavy atom. The summed E-state index contributed by atoms with van der Waals surface area (Å²) in [4.78, 5) is 5.49. The van der Waals surface area contributed by atoms with E-state index in [-0.39, 0.29) is 6.54 Å². The Morgan fingerprint density at radius 2 is 2.29 bits per heavy atom. The summed E-state index contributed by atoms with van der Waals surface area (Å²) >= 11 is 0. The first-order valence-corrected chi connectivity index (χ1v) is 4.26. The van der Waals surface area contributed by atoms with Crippen molar-refractivity contribution >= 4 is 11.5 Å². The van der Waals surface area contributed by atoms with Crippen LogP contribution in [0.15, 0.2) is 18.3 Å². The van der Waals surface area contributed by atoms with Crippen LogP contribution in [-0.4, -0.2) is 32.0 Å². The molecule has 0 saturated heterocycles. The van der Waals surface area contributed by atoms with Crippen molar-refractivity contribution in [3.05, 3.63) is 18.3 Å². The summed E-state index contributed by atoms with van der Waals surface area (Å²) in [5, 5.41) is 2.85. The van der Waals surface area contributed by atoms with Gasteiger partial charge in [-0.3, -0.25) is 0 Å². The monoisotopic (exact) mass is 201 g/mol. The molecular weight excluding hydrogens is 188 g/mol. The van der Waals surface area contributed by atoms with E-state index in [1.807, 2.05) is 0 Å². The molecule has 0 aliphatic carbocycles. The summed E-state index contributed by atoms with van der Waals surface area (Å²) in [5.74, 6) is 0.670. The molecule has 1 heterocycles. The van der Waals surface area contributed by atoms with Gasteiger partial charge < -0.3 is 10.2 Å². The van der Waals surface area contributed by atoms with Gasteiger partial charge in [-0.25, -0.2) is 13.8 Å². The Hall–Kier alpha value is -1.39. The highest BCUT2D eigenvalue weighted by atomic mass is 19.3. The summed E-state index contributed by atoms with van der Waals surface area (Å²) in [6.45, 7) is -0.271. The average molecular weight is 201 g/mol. The maximum Gasteiger partial charge on any atom is 0.255 e. The quantitative estimate of drug-likeness (QED) is 0.805. The second kappa shape index (κ2) is 4.74. The SMILES string of the molecule is CNc1cc(N(C)CC(F)F)ccn1. The number of pyridine rings is 1. The third kappa shape index (κ3) is 2.83. The highest BCUT2D eigenvalue weighted by molar-refractivity contribution is 5.53. The lowest BCUT2D eigenvalue weighted by molar-refractivity contribution is 0.156. The van der Waals surface area contributed by atoms with Crippen LogP contribution in [0.2, 0.25) is 0 Å². The van der Waals surface area contributed by atoms with Crippen molar-refractivity contribution in [3.63, 3.8) is 0 Å². The molecule has 0 spiro atoms. The van der Waals surface area contributed by atoms with Gasteiger partial charge in [0, 0.05) is 32.0 Å². The molecule has 0 saturated carbocycles. The number of aromatic nitrogens is 1. The van der Waals surface area contributed by atoms with Gasteiger partial charge in [0.1, 0.15) is 5.82 Å². The first-order valence-electron chi connectivity index (χ1n) is 4.26. The molecule has 1 N–H and O–H groups in total. The summed E-state index contributed by atoms with van der Waals surface area (Å²) in [6, 6.07) is 3.42. The summed E-state index contributed by atoms with van der Waals surface area (Å²) in [5.41, 5.74) is 0.727. The first kappa shape index (κ1) is 10.7. The standard InChI is InChI=1S/C9H13F2N3/c1-12-9-5-7(3-4-13-9)14(2)6-8(10)11/h3-5,8H,6H2,1-2H3,(H,12,13). The molecular formula is C9H13F2N3. The second-order valence-electron chi connectivity index (χ2n) is 2.92. The fraction of sp³-hybridized carbons (Fsp3) is 0.444. The first-order chi connectivity index (χ1) is 6.63. The highest BCUT2D eigenvalue weighted by Gasteiger charge is 2.08. The van der Waals surface area contributed by atoms with Crippen molar-refractivity contribution < 1.29 is 8.78 Å². The Bertz CT molecular complexity index is 291. The third-order valence-corrected chi connectivity index (χ3v) is 1.85. The molecule has 0 bridgehead atoms. The van der Waals surface area contributed by atoms with Gasteiger partial charge in [-0.2, -0.15) is 0 Å². The van der Waals surface area contributed by atoms with E-state index in [9.17, 15) is 8.78 Å². The molecule has 1 aromatic rings. The number of hydrogen-bond acceptors (Lipinski definition) is 3. The maximum atomic E-state index is 12.1. The normalized spacial score (nSPS) is 10.4. The highest BCUT2D eigenvalue weighted by Crippen LogP contribution is 2.16. The lowest BCUT2D eigenvalue weighted by atomic mass is 10.3. The van der Waals surface area contributed by atoms with Crippen molar-refractivity contribution in [1.29, 1.82) is 0 Å². The zero-order valence-corrected chi connectivity index (χ0v) is 8.17. The van der Waals surface area contributed by atoms with Gasteiger partial charge in [0.05, 0.1) is 6.54 Å². The Kier molecular flexibility index (Phi) is 3.62. The topological polar surface area (TPSA) is 28.2 Å². The van der Waals surface area contributed by atoms with Crippen LogP contribution < -0.4 is 10.2 Å². The zero-order valence-electron chi connectivity index (χ0n) is 8.17. The fourth-order valence-electron chi connectivity index (χ4n) is 1.11. The number of halogens is 2. The summed E-state index contributed by atoms with van der Waals surface area (Å²) in [7, 11) is 3.36. The minimum absolute atomic E-state index is 0.271. The molecule has 0 aliphatic heterocycles. The lowest BCUT2D eigenvalue weighted by Crippen LogP contribution is -2.24. The molecule has 0 radical (unpaired) electrons. The number of nitrogens with zero attached hydrogens (tertiary/aromatic N) is 2. The number of alkyl halides is 2. The minimum Gasteiger partial charge on any atom is -0.373 e. The number of rotatable bonds is 4. The van der Waals surface area contributed by atoms with Crippen LogP contribution in [0.3, 0.4) is 0 Å². The van der Waals surface area contributed by atoms with E-state index in [0.29, 0.717) is 5.82 Å². The van der Waals surface area contributed by atoms with E-state index >= 15 is 0 Å². The van der Waals surface area contributed by atoms with E-state index in [1.165, 1.54) is 4.90 Å². The average Bonchev–Trinajstić information content (AvgIpc) is 2.17. The summed E-state index contributed by atoms with van der Waals surface area (Å²) in [6.07, 6.45) is -0.741. The van der Waals surface area contributed by atoms with E-state index in [2.05, 4.69) is 10.3 Å². The largest absolute Gasteiger partial charge is 0.373 e. The van der Waals surface area contributed by atoms with E-state index < -0.39 is 6.43 Å². The molecule has 5 heteroatoms. The van der Waals surface area contributed by atoms with Gasteiger partial charge in [-0.15, -0.1) is 0 Å². The molecule has 1 rings (SSSR count). The molecule has 0 unspecified atom stereocenters. The summed E-state index contributed by atoms with van der Waals surface area (Å²) < 4.78 is 24.2. The van der Waals surface area contributed by atoms with Gasteiger partial charge >= 0.3 is 0 Å². The van der Waals surface area contributed by atoms with Gasteiger partial charge in [-0.05, 0) is 6.07 Å². The molecule has 0 amide bonds. The fourth-order valence-corrected chi connectivity index (χ4v) is 1.11. The predicted molar refractivity (Wildman–Crippen MR) is 53.1 cm³/mol. The van der Waals surface area contributed by atoms with Crippen molar-refractivity contribution in [2.75, 3.05) is 30.9 Å². The van der Waals surface area contributed by atoms with Gasteiger partial charge in [-0.1, -0.05) is 0 Å². The Balaban J connectivity index is 2.73. The number of nitrogens with one attached hydrogen (secondary N) is 1. The molecule has 3 nitrogen and oxygen atoms in total. The molecule has 0 aromatic carbocycles. The molecule has 14 heavy (non-hydrogen) atoms. The van der Waals surface area contributed by atoms with E-state index in [0.717, 1.165) is 5.69 Å². The van der Waals surface area contributed by atoms with Gasteiger partial charge in [0.25, 0.3) is 6.43 Å². The lowest BCUT2D eigenvalue weighted by Gasteiger charge is -2.18. The van der Waals surface area contributed by atoms with E-state index in [4.69, 9.17) is 0 Å². The number of anilines is 2.